The molecular weight excluding hydrogens is 1040 g/mol. The number of fused-ring (bicyclic) bond motifs is 7. The number of carboxylic acid groups (broad SMARTS) is 1. The van der Waals surface area contributed by atoms with Crippen molar-refractivity contribution in [1.82, 2.24) is 0 Å². The van der Waals surface area contributed by atoms with Crippen LogP contribution >= 0.6 is 0 Å². The number of esters is 2. The number of rotatable bonds is 14. The van der Waals surface area contributed by atoms with E-state index < -0.39 is 199 Å². The third-order valence-corrected chi connectivity index (χ3v) is 21.6. The first-order valence-corrected chi connectivity index (χ1v) is 28.0. The number of hydrogen-bond acceptors (Lipinski definition) is 22. The zero-order valence-corrected chi connectivity index (χ0v) is 46.7. The molecule has 2 aliphatic heterocycles. The van der Waals surface area contributed by atoms with Crippen molar-refractivity contribution in [2.45, 2.75) is 224 Å². The quantitative estimate of drug-likeness (QED) is 0.0444. The van der Waals surface area contributed by atoms with E-state index >= 15 is 0 Å². The van der Waals surface area contributed by atoms with Crippen LogP contribution in [0, 0.1) is 56.2 Å². The molecule has 7 fully saturated rings. The lowest BCUT2D eigenvalue weighted by molar-refractivity contribution is -0.381. The lowest BCUT2D eigenvalue weighted by Gasteiger charge is -2.72. The molecule has 0 aromatic heterocycles. The molecular formula is C56H88O23. The van der Waals surface area contributed by atoms with Crippen LogP contribution in [0.25, 0.3) is 0 Å². The first-order valence-electron chi connectivity index (χ1n) is 28.0. The number of aliphatic carboxylic acids is 1. The monoisotopic (exact) mass is 1130 g/mol. The highest BCUT2D eigenvalue weighted by molar-refractivity contribution is 5.87. The first-order chi connectivity index (χ1) is 36.9. The Morgan fingerprint density at radius 1 is 0.696 bits per heavy atom. The molecule has 23 nitrogen and oxygen atoms in total. The number of hydrogen-bond donors (Lipinski definition) is 13. The Morgan fingerprint density at radius 3 is 1.96 bits per heavy atom. The lowest BCUT2D eigenvalue weighted by atomic mass is 9.33. The van der Waals surface area contributed by atoms with Gasteiger partial charge in [0, 0.05) is 35.9 Å². The average molecular weight is 1130 g/mol. The highest BCUT2D eigenvalue weighted by Crippen LogP contribution is 2.76. The van der Waals surface area contributed by atoms with Crippen molar-refractivity contribution in [3.05, 3.63) is 23.3 Å². The Labute approximate surface area is 460 Å². The molecule has 13 N–H and O–H groups in total. The number of ether oxygens (including phenoxy) is 7. The zero-order valence-electron chi connectivity index (χ0n) is 46.7. The van der Waals surface area contributed by atoms with E-state index in [0.29, 0.717) is 37.7 Å². The Kier molecular flexibility index (Phi) is 17.9. The highest BCUT2D eigenvalue weighted by atomic mass is 16.8. The fourth-order valence-electron chi connectivity index (χ4n) is 16.7. The normalized spacial score (nSPS) is 50.6. The summed E-state index contributed by atoms with van der Waals surface area (Å²) in [5.41, 5.74) is -3.71. The molecule has 8 rings (SSSR count). The minimum Gasteiger partial charge on any atom is -0.479 e. The van der Waals surface area contributed by atoms with Gasteiger partial charge in [-0.1, -0.05) is 59.3 Å². The smallest absolute Gasteiger partial charge is 0.335 e. The van der Waals surface area contributed by atoms with Crippen LogP contribution in [0.3, 0.4) is 0 Å². The highest BCUT2D eigenvalue weighted by Gasteiger charge is 2.74. The van der Waals surface area contributed by atoms with E-state index in [4.69, 9.17) is 33.2 Å². The van der Waals surface area contributed by atoms with E-state index in [1.807, 2.05) is 20.8 Å². The molecule has 27 atom stereocenters. The maximum atomic E-state index is 13.4. The van der Waals surface area contributed by atoms with Crippen molar-refractivity contribution < 1.29 is 114 Å². The van der Waals surface area contributed by atoms with Gasteiger partial charge in [-0.15, -0.1) is 0 Å². The number of aliphatic hydroxyl groups excluding tert-OH is 12. The molecule has 9 unspecified atom stereocenters. The Hall–Kier alpha value is -2.79. The van der Waals surface area contributed by atoms with E-state index in [2.05, 4.69) is 26.8 Å². The summed E-state index contributed by atoms with van der Waals surface area (Å²) >= 11 is 0. The number of carbonyl (C=O) groups excluding carboxylic acids is 2. The summed E-state index contributed by atoms with van der Waals surface area (Å²) in [5, 5.41) is 144. The molecule has 6 aliphatic carbocycles. The van der Waals surface area contributed by atoms with Gasteiger partial charge in [0.05, 0.1) is 49.7 Å². The molecule has 5 saturated carbocycles. The largest absolute Gasteiger partial charge is 0.479 e. The summed E-state index contributed by atoms with van der Waals surface area (Å²) in [6.45, 7) is 14.4. The Morgan fingerprint density at radius 2 is 1.37 bits per heavy atom. The number of carboxylic acids is 1. The minimum absolute atomic E-state index is 0.0731. The van der Waals surface area contributed by atoms with Crippen molar-refractivity contribution in [3.63, 3.8) is 0 Å². The summed E-state index contributed by atoms with van der Waals surface area (Å²) < 4.78 is 43.1. The minimum atomic E-state index is -2.10. The van der Waals surface area contributed by atoms with Crippen LogP contribution in [0.5, 0.6) is 0 Å². The summed E-state index contributed by atoms with van der Waals surface area (Å²) in [6.07, 6.45) is -23.6. The van der Waals surface area contributed by atoms with Crippen molar-refractivity contribution in [2.75, 3.05) is 26.4 Å². The van der Waals surface area contributed by atoms with Crippen molar-refractivity contribution >= 4 is 17.9 Å². The summed E-state index contributed by atoms with van der Waals surface area (Å²) in [4.78, 5) is 39.6. The van der Waals surface area contributed by atoms with Gasteiger partial charge in [-0.05, 0) is 99.2 Å². The van der Waals surface area contributed by atoms with Gasteiger partial charge in [0.25, 0.3) is 0 Å². The molecule has 8 aliphatic rings. The Balaban J connectivity index is 1.12. The van der Waals surface area contributed by atoms with Gasteiger partial charge in [-0.2, -0.15) is 0 Å². The van der Waals surface area contributed by atoms with Crippen LogP contribution in [0.4, 0.5) is 0 Å². The number of carbonyl (C=O) groups is 3. The second-order valence-electron chi connectivity index (χ2n) is 26.0. The van der Waals surface area contributed by atoms with Gasteiger partial charge in [0.15, 0.2) is 18.7 Å². The molecule has 0 radical (unpaired) electrons. The molecule has 2 saturated heterocycles. The standard InChI is InChI=1S/C56H88O23/c1-10-24(2)48(72)79-45-46(73-25(3)61)56(23-60)28(18-51(45,4)5)27-11-12-32-52(6)15-14-34(53(7,22-59)31(52)13-16-54(32,8)55(27,9)19-33(56)62)76-50-43(77-49-40(68)39(67)37(65)30(21-58)75-49)41(69)42(44(78-50)47(70)71)74-29-17-26(20-57)35(63)38(66)36(29)64/h10-11,26,28-46,49-50,57-60,62-69H,12-23H2,1-9H3,(H,70,71)/b24-10-/t26?,28?,29-,30?,31?,32?,33-,34+,35+,36?,37+,38+,39+,40?,41+,42-,43?,44?,45+,46+,49+,50-,52+,53-,54-,55-,56+/m1/s1. The van der Waals surface area contributed by atoms with E-state index in [0.717, 1.165) is 5.57 Å². The van der Waals surface area contributed by atoms with Gasteiger partial charge in [-0.3, -0.25) is 4.79 Å². The van der Waals surface area contributed by atoms with Gasteiger partial charge >= 0.3 is 17.9 Å². The Bertz CT molecular complexity index is 2290. The molecule has 0 spiro atoms. The van der Waals surface area contributed by atoms with Crippen LogP contribution in [-0.4, -0.2) is 221 Å². The lowest BCUT2D eigenvalue weighted by Crippen LogP contribution is -2.72. The molecule has 0 aromatic carbocycles. The molecule has 79 heavy (non-hydrogen) atoms. The third-order valence-electron chi connectivity index (χ3n) is 21.6. The van der Waals surface area contributed by atoms with E-state index in [1.54, 1.807) is 19.9 Å². The summed E-state index contributed by atoms with van der Waals surface area (Å²) in [6, 6.07) is 0. The van der Waals surface area contributed by atoms with Crippen molar-refractivity contribution in [2.24, 2.45) is 56.2 Å². The van der Waals surface area contributed by atoms with Crippen LogP contribution < -0.4 is 0 Å². The second kappa shape index (κ2) is 22.7. The SMILES string of the molecule is C/C=C(/C)C(=O)O[C@H]1[C@H](OC(C)=O)[C@@]2(CO)C(CC1(C)C)C1=CCC3[C@@]4(C)CC[C@H](O[C@@H]5OC(C(=O)O)[C@H](O[C@@H]6CC(CO)[C@H](O)[C@H](O)C6O)[C@H](O)C5O[C@@H]5OC(CO)[C@H](O)[C@H](O)C5O)[C@](C)(CO)C4CC[C@@]3(C)[C@]1(C)C[C@H]2O. The van der Waals surface area contributed by atoms with E-state index in [9.17, 15) is 80.8 Å². The molecule has 450 valence electrons. The maximum absolute atomic E-state index is 13.4. The fraction of sp³-hybridized carbons (Fsp3) is 0.875. The predicted octanol–water partition coefficient (Wildman–Crippen LogP) is -0.657. The fourth-order valence-corrected chi connectivity index (χ4v) is 16.7. The second-order valence-corrected chi connectivity index (χ2v) is 26.0. The first kappa shape index (κ1) is 62.3. The van der Waals surface area contributed by atoms with E-state index in [1.165, 1.54) is 6.92 Å². The van der Waals surface area contributed by atoms with Gasteiger partial charge in [0.1, 0.15) is 67.1 Å². The van der Waals surface area contributed by atoms with E-state index in [-0.39, 0.29) is 31.1 Å². The van der Waals surface area contributed by atoms with Crippen LogP contribution in [-0.2, 0) is 47.5 Å². The van der Waals surface area contributed by atoms with Crippen LogP contribution in [0.15, 0.2) is 23.3 Å². The molecule has 0 aromatic rings. The maximum Gasteiger partial charge on any atom is 0.335 e. The predicted molar refractivity (Wildman–Crippen MR) is 272 cm³/mol. The van der Waals surface area contributed by atoms with Crippen LogP contribution in [0.2, 0.25) is 0 Å². The topological polar surface area (TPSA) is 379 Å². The van der Waals surface area contributed by atoms with Crippen LogP contribution in [0.1, 0.15) is 114 Å². The van der Waals surface area contributed by atoms with Gasteiger partial charge in [-0.25, -0.2) is 9.59 Å². The molecule has 2 heterocycles. The third kappa shape index (κ3) is 9.96. The summed E-state index contributed by atoms with van der Waals surface area (Å²) in [5.74, 6) is -4.81. The van der Waals surface area contributed by atoms with Crippen molar-refractivity contribution in [3.8, 4) is 0 Å². The zero-order chi connectivity index (χ0) is 58.4. The van der Waals surface area contributed by atoms with Gasteiger partial charge in [0.2, 0.25) is 0 Å². The number of aliphatic hydroxyl groups is 12. The molecule has 0 amide bonds. The molecule has 0 bridgehead atoms. The number of allylic oxidation sites excluding steroid dienone is 3. The molecule has 23 heteroatoms. The summed E-state index contributed by atoms with van der Waals surface area (Å²) in [7, 11) is 0. The van der Waals surface area contributed by atoms with Crippen molar-refractivity contribution in [1.29, 1.82) is 0 Å². The average Bonchev–Trinajstić information content (AvgIpc) is 3.25. The van der Waals surface area contributed by atoms with Gasteiger partial charge < -0.3 is 99.5 Å².